The fourth-order valence-electron chi connectivity index (χ4n) is 3.45. The Morgan fingerprint density at radius 1 is 1.03 bits per heavy atom. The molecular formula is C24H28ClN3O4. The molecule has 2 amide bonds. The van der Waals surface area contributed by atoms with Crippen molar-refractivity contribution in [3.8, 4) is 11.5 Å². The van der Waals surface area contributed by atoms with Crippen LogP contribution in [0, 0.1) is 0 Å². The summed E-state index contributed by atoms with van der Waals surface area (Å²) in [4.78, 5) is 24.0. The number of hydrazone groups is 1. The maximum Gasteiger partial charge on any atom is 0.329 e. The third-order valence-electron chi connectivity index (χ3n) is 5.10. The molecule has 170 valence electrons. The number of nitrogens with one attached hydrogen (secondary N) is 2. The van der Waals surface area contributed by atoms with Gasteiger partial charge in [-0.1, -0.05) is 43.0 Å². The largest absolute Gasteiger partial charge is 0.490 e. The second-order valence-corrected chi connectivity index (χ2v) is 8.00. The van der Waals surface area contributed by atoms with Crippen molar-refractivity contribution in [2.75, 3.05) is 6.61 Å². The number of amides is 2. The highest BCUT2D eigenvalue weighted by Crippen LogP contribution is 2.29. The molecule has 1 aliphatic carbocycles. The molecule has 2 N–H and O–H groups in total. The summed E-state index contributed by atoms with van der Waals surface area (Å²) < 4.78 is 11.6. The summed E-state index contributed by atoms with van der Waals surface area (Å²) in [5, 5.41) is 7.33. The molecule has 2 aromatic rings. The second kappa shape index (κ2) is 12.1. The summed E-state index contributed by atoms with van der Waals surface area (Å²) in [6, 6.07) is 12.8. The Balaban J connectivity index is 1.55. The van der Waals surface area contributed by atoms with Crippen molar-refractivity contribution in [1.82, 2.24) is 10.7 Å². The van der Waals surface area contributed by atoms with E-state index in [1.54, 1.807) is 18.2 Å². The molecular weight excluding hydrogens is 430 g/mol. The van der Waals surface area contributed by atoms with E-state index in [4.69, 9.17) is 21.1 Å². The number of carbonyl (C=O) groups excluding carboxylic acids is 2. The maximum atomic E-state index is 12.0. The Hall–Kier alpha value is -3.06. The first-order valence-corrected chi connectivity index (χ1v) is 11.2. The lowest BCUT2D eigenvalue weighted by Gasteiger charge is -2.22. The first-order chi connectivity index (χ1) is 15.5. The number of nitrogens with zero attached hydrogens (tertiary/aromatic N) is 1. The molecule has 0 heterocycles. The highest BCUT2D eigenvalue weighted by molar-refractivity contribution is 6.35. The smallest absolute Gasteiger partial charge is 0.329 e. The van der Waals surface area contributed by atoms with E-state index in [0.717, 1.165) is 31.2 Å². The predicted molar refractivity (Wildman–Crippen MR) is 124 cm³/mol. The van der Waals surface area contributed by atoms with Gasteiger partial charge in [0.1, 0.15) is 6.61 Å². The van der Waals surface area contributed by atoms with Crippen LogP contribution in [-0.2, 0) is 16.2 Å². The van der Waals surface area contributed by atoms with Gasteiger partial charge in [0, 0.05) is 11.1 Å². The molecule has 1 fully saturated rings. The number of carbonyl (C=O) groups is 2. The van der Waals surface area contributed by atoms with E-state index in [1.165, 1.54) is 12.6 Å². The highest BCUT2D eigenvalue weighted by atomic mass is 35.5. The monoisotopic (exact) mass is 457 g/mol. The number of hydrogen-bond acceptors (Lipinski definition) is 5. The number of rotatable bonds is 8. The van der Waals surface area contributed by atoms with E-state index >= 15 is 0 Å². The Labute approximate surface area is 193 Å². The Morgan fingerprint density at radius 2 is 1.78 bits per heavy atom. The van der Waals surface area contributed by atoms with Gasteiger partial charge in [-0.2, -0.15) is 5.10 Å². The third-order valence-corrected chi connectivity index (χ3v) is 5.35. The van der Waals surface area contributed by atoms with Crippen molar-refractivity contribution in [3.05, 3.63) is 58.6 Å². The Kier molecular flexibility index (Phi) is 8.92. The van der Waals surface area contributed by atoms with Crippen LogP contribution in [0.15, 0.2) is 47.6 Å². The van der Waals surface area contributed by atoms with Gasteiger partial charge >= 0.3 is 11.8 Å². The lowest BCUT2D eigenvalue weighted by atomic mass is 9.95. The first-order valence-electron chi connectivity index (χ1n) is 10.8. The molecule has 0 saturated heterocycles. The van der Waals surface area contributed by atoms with Crippen molar-refractivity contribution in [1.29, 1.82) is 0 Å². The molecule has 8 heteroatoms. The minimum Gasteiger partial charge on any atom is -0.490 e. The van der Waals surface area contributed by atoms with Crippen LogP contribution in [0.5, 0.6) is 11.5 Å². The van der Waals surface area contributed by atoms with Crippen LogP contribution in [-0.4, -0.2) is 30.7 Å². The van der Waals surface area contributed by atoms with Gasteiger partial charge in [0.15, 0.2) is 11.5 Å². The van der Waals surface area contributed by atoms with Crippen LogP contribution in [0.4, 0.5) is 0 Å². The zero-order chi connectivity index (χ0) is 22.8. The highest BCUT2D eigenvalue weighted by Gasteiger charge is 2.20. The van der Waals surface area contributed by atoms with Crippen LogP contribution in [0.25, 0.3) is 0 Å². The fourth-order valence-corrected chi connectivity index (χ4v) is 3.57. The van der Waals surface area contributed by atoms with Gasteiger partial charge in [0.25, 0.3) is 0 Å². The van der Waals surface area contributed by atoms with Crippen molar-refractivity contribution < 1.29 is 19.1 Å². The molecule has 0 radical (unpaired) electrons. The summed E-state index contributed by atoms with van der Waals surface area (Å²) in [5.74, 6) is -0.281. The summed E-state index contributed by atoms with van der Waals surface area (Å²) >= 11 is 5.91. The van der Waals surface area contributed by atoms with E-state index in [2.05, 4.69) is 15.8 Å². The molecule has 0 aromatic heterocycles. The van der Waals surface area contributed by atoms with E-state index in [0.29, 0.717) is 35.3 Å². The van der Waals surface area contributed by atoms with Gasteiger partial charge in [0.05, 0.1) is 12.8 Å². The van der Waals surface area contributed by atoms with Crippen LogP contribution < -0.4 is 20.2 Å². The summed E-state index contributed by atoms with van der Waals surface area (Å²) in [6.45, 7) is 2.72. The Morgan fingerprint density at radius 3 is 2.50 bits per heavy atom. The molecule has 32 heavy (non-hydrogen) atoms. The van der Waals surface area contributed by atoms with Crippen molar-refractivity contribution in [3.63, 3.8) is 0 Å². The first kappa shape index (κ1) is 23.6. The number of halogens is 1. The van der Waals surface area contributed by atoms with Crippen LogP contribution in [0.2, 0.25) is 5.02 Å². The van der Waals surface area contributed by atoms with E-state index < -0.39 is 11.8 Å². The van der Waals surface area contributed by atoms with Gasteiger partial charge in [-0.05, 0) is 61.2 Å². The molecule has 0 unspecified atom stereocenters. The SMILES string of the molecule is CCOc1cc(/C=N\NC(=O)C(=O)NC2CCCCC2)ccc1OCc1ccc(Cl)cc1. The molecule has 3 rings (SSSR count). The summed E-state index contributed by atoms with van der Waals surface area (Å²) in [5.41, 5.74) is 3.95. The average molecular weight is 458 g/mol. The number of hydrogen-bond donors (Lipinski definition) is 2. The third kappa shape index (κ3) is 7.27. The molecule has 2 aromatic carbocycles. The van der Waals surface area contributed by atoms with Gasteiger partial charge in [-0.15, -0.1) is 0 Å². The maximum absolute atomic E-state index is 12.0. The van der Waals surface area contributed by atoms with Crippen LogP contribution in [0.3, 0.4) is 0 Å². The topological polar surface area (TPSA) is 89.0 Å². The van der Waals surface area contributed by atoms with E-state index in [-0.39, 0.29) is 6.04 Å². The number of benzene rings is 2. The second-order valence-electron chi connectivity index (χ2n) is 7.56. The molecule has 1 aliphatic rings. The van der Waals surface area contributed by atoms with E-state index in [9.17, 15) is 9.59 Å². The summed E-state index contributed by atoms with van der Waals surface area (Å²) in [6.07, 6.45) is 6.61. The predicted octanol–water partition coefficient (Wildman–Crippen LogP) is 4.22. The lowest BCUT2D eigenvalue weighted by Crippen LogP contribution is -2.44. The van der Waals surface area contributed by atoms with Crippen molar-refractivity contribution in [2.24, 2.45) is 5.10 Å². The zero-order valence-corrected chi connectivity index (χ0v) is 18.9. The summed E-state index contributed by atoms with van der Waals surface area (Å²) in [7, 11) is 0. The fraction of sp³-hybridized carbons (Fsp3) is 0.375. The van der Waals surface area contributed by atoms with Crippen molar-refractivity contribution >= 4 is 29.6 Å². The molecule has 1 saturated carbocycles. The quantitative estimate of drug-likeness (QED) is 0.353. The van der Waals surface area contributed by atoms with Gasteiger partial charge < -0.3 is 14.8 Å². The molecule has 0 aliphatic heterocycles. The van der Waals surface area contributed by atoms with Gasteiger partial charge in [-0.3, -0.25) is 9.59 Å². The minimum atomic E-state index is -0.778. The van der Waals surface area contributed by atoms with Crippen LogP contribution in [0.1, 0.15) is 50.2 Å². The normalized spacial score (nSPS) is 14.2. The van der Waals surface area contributed by atoms with Gasteiger partial charge in [-0.25, -0.2) is 5.43 Å². The molecule has 0 bridgehead atoms. The van der Waals surface area contributed by atoms with Gasteiger partial charge in [0.2, 0.25) is 0 Å². The zero-order valence-electron chi connectivity index (χ0n) is 18.1. The van der Waals surface area contributed by atoms with Crippen molar-refractivity contribution in [2.45, 2.75) is 51.7 Å². The standard InChI is InChI=1S/C24H28ClN3O4/c1-2-31-22-14-18(10-13-21(22)32-16-17-8-11-19(25)12-9-17)15-26-28-24(30)23(29)27-20-6-4-3-5-7-20/h8-15,20H,2-7,16H2,1H3,(H,27,29)(H,28,30)/b26-15-. The Bertz CT molecular complexity index is 941. The number of ether oxygens (including phenoxy) is 2. The molecule has 0 atom stereocenters. The minimum absolute atomic E-state index is 0.0696. The van der Waals surface area contributed by atoms with E-state index in [1.807, 2.05) is 31.2 Å². The molecule has 0 spiro atoms. The lowest BCUT2D eigenvalue weighted by molar-refractivity contribution is -0.139. The molecule has 7 nitrogen and oxygen atoms in total. The van der Waals surface area contributed by atoms with Crippen LogP contribution >= 0.6 is 11.6 Å². The average Bonchev–Trinajstić information content (AvgIpc) is 2.80.